The smallest absolute Gasteiger partial charge is 0.223 e. The van der Waals surface area contributed by atoms with Gasteiger partial charge in [-0.25, -0.2) is 0 Å². The van der Waals surface area contributed by atoms with Crippen molar-refractivity contribution in [1.82, 2.24) is 5.32 Å². The molecular formula is C12H22ClNO. The summed E-state index contributed by atoms with van der Waals surface area (Å²) in [6, 6.07) is 0.192. The number of carbonyl (C=O) groups is 1. The first-order valence-electron chi connectivity index (χ1n) is 6.01. The van der Waals surface area contributed by atoms with Crippen LogP contribution in [0, 0.1) is 11.8 Å². The van der Waals surface area contributed by atoms with E-state index in [4.69, 9.17) is 11.6 Å². The van der Waals surface area contributed by atoms with Crippen LogP contribution in [0.3, 0.4) is 0 Å². The molecule has 0 radical (unpaired) electrons. The van der Waals surface area contributed by atoms with Crippen LogP contribution < -0.4 is 5.32 Å². The number of hydrogen-bond donors (Lipinski definition) is 1. The minimum Gasteiger partial charge on any atom is -0.353 e. The number of carbonyl (C=O) groups excluding carboxylic acids is 1. The maximum absolute atomic E-state index is 11.9. The van der Waals surface area contributed by atoms with E-state index in [1.165, 1.54) is 19.3 Å². The molecule has 2 unspecified atom stereocenters. The van der Waals surface area contributed by atoms with Gasteiger partial charge >= 0.3 is 0 Å². The first kappa shape index (κ1) is 12.8. The van der Waals surface area contributed by atoms with Gasteiger partial charge in [0.25, 0.3) is 0 Å². The van der Waals surface area contributed by atoms with Crippen LogP contribution in [0.4, 0.5) is 0 Å². The lowest BCUT2D eigenvalue weighted by atomic mass is 9.88. The fraction of sp³-hybridized carbons (Fsp3) is 0.917. The number of rotatable bonds is 4. The van der Waals surface area contributed by atoms with Gasteiger partial charge in [-0.15, -0.1) is 11.6 Å². The molecule has 2 nitrogen and oxygen atoms in total. The van der Waals surface area contributed by atoms with Crippen molar-refractivity contribution in [3.8, 4) is 0 Å². The van der Waals surface area contributed by atoms with E-state index in [2.05, 4.69) is 12.2 Å². The number of hydrogen-bond acceptors (Lipinski definition) is 1. The Hall–Kier alpha value is -0.240. The zero-order chi connectivity index (χ0) is 11.3. The lowest BCUT2D eigenvalue weighted by Crippen LogP contribution is -2.41. The molecule has 0 heterocycles. The van der Waals surface area contributed by atoms with Crippen LogP contribution in [0.5, 0.6) is 0 Å². The van der Waals surface area contributed by atoms with Gasteiger partial charge < -0.3 is 5.32 Å². The topological polar surface area (TPSA) is 29.1 Å². The minimum atomic E-state index is 0.192. The van der Waals surface area contributed by atoms with Crippen LogP contribution in [-0.4, -0.2) is 17.8 Å². The average molecular weight is 232 g/mol. The summed E-state index contributed by atoms with van der Waals surface area (Å²) in [6.07, 6.45) is 5.83. The van der Waals surface area contributed by atoms with E-state index in [0.29, 0.717) is 11.8 Å². The molecule has 0 aromatic carbocycles. The zero-order valence-electron chi connectivity index (χ0n) is 9.76. The quantitative estimate of drug-likeness (QED) is 0.741. The van der Waals surface area contributed by atoms with Gasteiger partial charge in [-0.05, 0) is 25.7 Å². The Labute approximate surface area is 97.8 Å². The largest absolute Gasteiger partial charge is 0.353 e. The molecule has 0 aliphatic heterocycles. The molecule has 0 aromatic rings. The first-order chi connectivity index (χ1) is 7.15. The van der Waals surface area contributed by atoms with Crippen molar-refractivity contribution in [3.63, 3.8) is 0 Å². The highest BCUT2D eigenvalue weighted by Gasteiger charge is 2.23. The summed E-state index contributed by atoms with van der Waals surface area (Å²) in [5.41, 5.74) is 0. The molecule has 1 N–H and O–H groups in total. The molecule has 3 heteroatoms. The van der Waals surface area contributed by atoms with Crippen molar-refractivity contribution in [1.29, 1.82) is 0 Å². The Morgan fingerprint density at radius 1 is 1.33 bits per heavy atom. The molecule has 0 aromatic heterocycles. The molecule has 88 valence electrons. The second-order valence-corrected chi connectivity index (χ2v) is 5.07. The van der Waals surface area contributed by atoms with Crippen LogP contribution in [0.1, 0.15) is 46.0 Å². The van der Waals surface area contributed by atoms with Crippen molar-refractivity contribution in [3.05, 3.63) is 0 Å². The van der Waals surface area contributed by atoms with Crippen molar-refractivity contribution in [2.75, 3.05) is 5.88 Å². The Morgan fingerprint density at radius 3 is 2.47 bits per heavy atom. The lowest BCUT2D eigenvalue weighted by Gasteiger charge is -2.25. The minimum absolute atomic E-state index is 0.192. The summed E-state index contributed by atoms with van der Waals surface area (Å²) < 4.78 is 0. The van der Waals surface area contributed by atoms with E-state index >= 15 is 0 Å². The monoisotopic (exact) mass is 231 g/mol. The van der Waals surface area contributed by atoms with Gasteiger partial charge in [0, 0.05) is 17.8 Å². The molecule has 1 amide bonds. The Morgan fingerprint density at radius 2 is 1.93 bits per heavy atom. The molecule has 1 aliphatic rings. The number of amides is 1. The highest BCUT2D eigenvalue weighted by Crippen LogP contribution is 2.23. The summed E-state index contributed by atoms with van der Waals surface area (Å²) >= 11 is 5.76. The van der Waals surface area contributed by atoms with Gasteiger partial charge in [0.05, 0.1) is 0 Å². The fourth-order valence-electron chi connectivity index (χ4n) is 1.98. The third-order valence-electron chi connectivity index (χ3n) is 3.44. The van der Waals surface area contributed by atoms with E-state index in [1.54, 1.807) is 0 Å². The second-order valence-electron chi connectivity index (χ2n) is 4.76. The molecule has 0 saturated heterocycles. The standard InChI is InChI=1S/C12H22ClNO/c1-9(8-13)10(2)14-12(15)11-6-4-3-5-7-11/h9-11H,3-8H2,1-2H3,(H,14,15). The molecule has 1 saturated carbocycles. The van der Waals surface area contributed by atoms with Crippen molar-refractivity contribution < 1.29 is 4.79 Å². The van der Waals surface area contributed by atoms with Crippen molar-refractivity contribution in [2.45, 2.75) is 52.0 Å². The normalized spacial score (nSPS) is 22.1. The van der Waals surface area contributed by atoms with Gasteiger partial charge in [0.1, 0.15) is 0 Å². The number of nitrogens with one attached hydrogen (secondary N) is 1. The first-order valence-corrected chi connectivity index (χ1v) is 6.55. The molecule has 1 fully saturated rings. The fourth-order valence-corrected chi connectivity index (χ4v) is 2.25. The highest BCUT2D eigenvalue weighted by molar-refractivity contribution is 6.18. The van der Waals surface area contributed by atoms with Crippen molar-refractivity contribution >= 4 is 17.5 Å². The molecule has 1 aliphatic carbocycles. The summed E-state index contributed by atoms with van der Waals surface area (Å²) in [4.78, 5) is 11.9. The number of halogens is 1. The van der Waals surface area contributed by atoms with Crippen LogP contribution in [0.2, 0.25) is 0 Å². The van der Waals surface area contributed by atoms with E-state index < -0.39 is 0 Å². The van der Waals surface area contributed by atoms with E-state index in [-0.39, 0.29) is 17.9 Å². The maximum Gasteiger partial charge on any atom is 0.223 e. The van der Waals surface area contributed by atoms with Crippen LogP contribution in [0.25, 0.3) is 0 Å². The van der Waals surface area contributed by atoms with E-state index in [1.807, 2.05) is 6.92 Å². The predicted molar refractivity (Wildman–Crippen MR) is 64.1 cm³/mol. The van der Waals surface area contributed by atoms with Crippen LogP contribution >= 0.6 is 11.6 Å². The van der Waals surface area contributed by atoms with E-state index in [9.17, 15) is 4.79 Å². The SMILES string of the molecule is CC(CCl)C(C)NC(=O)C1CCCCC1. The summed E-state index contributed by atoms with van der Waals surface area (Å²) in [6.45, 7) is 4.10. The number of alkyl halides is 1. The van der Waals surface area contributed by atoms with Crippen LogP contribution in [-0.2, 0) is 4.79 Å². The summed E-state index contributed by atoms with van der Waals surface area (Å²) in [5.74, 6) is 1.44. The van der Waals surface area contributed by atoms with Gasteiger partial charge in [-0.2, -0.15) is 0 Å². The van der Waals surface area contributed by atoms with Gasteiger partial charge in [0.15, 0.2) is 0 Å². The molecule has 15 heavy (non-hydrogen) atoms. The predicted octanol–water partition coefficient (Wildman–Crippen LogP) is 2.95. The summed E-state index contributed by atoms with van der Waals surface area (Å²) in [5, 5.41) is 3.08. The Kier molecular flexibility index (Phi) is 5.44. The average Bonchev–Trinajstić information content (AvgIpc) is 2.29. The molecule has 0 spiro atoms. The molecular weight excluding hydrogens is 210 g/mol. The van der Waals surface area contributed by atoms with Crippen LogP contribution in [0.15, 0.2) is 0 Å². The molecule has 1 rings (SSSR count). The Bertz CT molecular complexity index is 202. The second kappa shape index (κ2) is 6.37. The van der Waals surface area contributed by atoms with Crippen molar-refractivity contribution in [2.24, 2.45) is 11.8 Å². The van der Waals surface area contributed by atoms with Gasteiger partial charge in [0.2, 0.25) is 5.91 Å². The van der Waals surface area contributed by atoms with Gasteiger partial charge in [-0.1, -0.05) is 26.2 Å². The van der Waals surface area contributed by atoms with E-state index in [0.717, 1.165) is 12.8 Å². The Balaban J connectivity index is 2.33. The third kappa shape index (κ3) is 4.02. The zero-order valence-corrected chi connectivity index (χ0v) is 10.5. The lowest BCUT2D eigenvalue weighted by molar-refractivity contribution is -0.126. The third-order valence-corrected chi connectivity index (χ3v) is 3.93. The summed E-state index contributed by atoms with van der Waals surface area (Å²) in [7, 11) is 0. The van der Waals surface area contributed by atoms with Gasteiger partial charge in [-0.3, -0.25) is 4.79 Å². The molecule has 2 atom stereocenters. The maximum atomic E-state index is 11.9. The highest BCUT2D eigenvalue weighted by atomic mass is 35.5. The molecule has 0 bridgehead atoms.